The molecule has 0 unspecified atom stereocenters. The van der Waals surface area contributed by atoms with Crippen LogP contribution < -0.4 is 0 Å². The highest BCUT2D eigenvalue weighted by Gasteiger charge is 2.22. The zero-order valence-electron chi connectivity index (χ0n) is 11.0. The lowest BCUT2D eigenvalue weighted by atomic mass is 10.2. The molecule has 1 saturated heterocycles. The van der Waals surface area contributed by atoms with Gasteiger partial charge in [-0.2, -0.15) is 0 Å². The third-order valence-electron chi connectivity index (χ3n) is 3.31. The number of aromatic hydroxyl groups is 1. The number of hydrogen-bond acceptors (Lipinski definition) is 3. The Hall–Kier alpha value is -2.04. The van der Waals surface area contributed by atoms with Gasteiger partial charge in [0.05, 0.1) is 12.1 Å². The average molecular weight is 262 g/mol. The maximum Gasteiger partial charge on any atom is 0.257 e. The lowest BCUT2D eigenvalue weighted by molar-refractivity contribution is -0.130. The van der Waals surface area contributed by atoms with Crippen molar-refractivity contribution in [3.05, 3.63) is 29.8 Å². The Morgan fingerprint density at radius 2 is 1.89 bits per heavy atom. The minimum atomic E-state index is -0.342. The number of nitrogens with zero attached hydrogens (tertiary/aromatic N) is 2. The Balaban J connectivity index is 1.99. The first-order chi connectivity index (χ1) is 9.09. The first-order valence-electron chi connectivity index (χ1n) is 6.41. The number of carbonyl (C=O) groups excluding carboxylic acids is 2. The summed E-state index contributed by atoms with van der Waals surface area (Å²) in [4.78, 5) is 27.2. The molecule has 1 aliphatic heterocycles. The fourth-order valence-electron chi connectivity index (χ4n) is 2.20. The van der Waals surface area contributed by atoms with E-state index in [4.69, 9.17) is 0 Å². The lowest BCUT2D eigenvalue weighted by Gasteiger charge is -2.21. The van der Waals surface area contributed by atoms with Gasteiger partial charge in [0.1, 0.15) is 5.75 Å². The van der Waals surface area contributed by atoms with Crippen LogP contribution in [-0.4, -0.2) is 53.4 Å². The predicted molar refractivity (Wildman–Crippen MR) is 70.9 cm³/mol. The number of hydrogen-bond donors (Lipinski definition) is 1. The van der Waals surface area contributed by atoms with Crippen molar-refractivity contribution in [2.24, 2.45) is 0 Å². The maximum absolute atomic E-state index is 12.1. The summed E-state index contributed by atoms with van der Waals surface area (Å²) in [5, 5.41) is 9.63. The molecule has 1 aliphatic rings. The second kappa shape index (κ2) is 5.73. The molecule has 1 heterocycles. The highest BCUT2D eigenvalue weighted by Crippen LogP contribution is 2.17. The molecule has 5 heteroatoms. The SMILES string of the molecule is CN(CC(=O)N1CCCC1)C(=O)c1ccccc1O. The minimum Gasteiger partial charge on any atom is -0.507 e. The van der Waals surface area contributed by atoms with Crippen LogP contribution in [0.2, 0.25) is 0 Å². The molecule has 1 fully saturated rings. The highest BCUT2D eigenvalue weighted by atomic mass is 16.3. The third kappa shape index (κ3) is 3.05. The van der Waals surface area contributed by atoms with Crippen molar-refractivity contribution in [3.8, 4) is 5.75 Å². The molecule has 0 spiro atoms. The van der Waals surface area contributed by atoms with Gasteiger partial charge in [0.2, 0.25) is 5.91 Å². The molecule has 0 radical (unpaired) electrons. The van der Waals surface area contributed by atoms with E-state index in [1.165, 1.54) is 11.0 Å². The van der Waals surface area contributed by atoms with Crippen molar-refractivity contribution in [1.82, 2.24) is 9.80 Å². The fourth-order valence-corrected chi connectivity index (χ4v) is 2.20. The van der Waals surface area contributed by atoms with Gasteiger partial charge in [-0.3, -0.25) is 9.59 Å². The molecule has 1 N–H and O–H groups in total. The molecule has 0 aromatic heterocycles. The monoisotopic (exact) mass is 262 g/mol. The van der Waals surface area contributed by atoms with Crippen molar-refractivity contribution in [2.75, 3.05) is 26.7 Å². The van der Waals surface area contributed by atoms with Crippen LogP contribution in [0.4, 0.5) is 0 Å². The summed E-state index contributed by atoms with van der Waals surface area (Å²) < 4.78 is 0. The van der Waals surface area contributed by atoms with Crippen LogP contribution in [0.15, 0.2) is 24.3 Å². The molecular weight excluding hydrogens is 244 g/mol. The van der Waals surface area contributed by atoms with Crippen LogP contribution >= 0.6 is 0 Å². The van der Waals surface area contributed by atoms with Crippen molar-refractivity contribution in [2.45, 2.75) is 12.8 Å². The van der Waals surface area contributed by atoms with Gasteiger partial charge in [0, 0.05) is 20.1 Å². The number of benzene rings is 1. The normalized spacial score (nSPS) is 14.5. The van der Waals surface area contributed by atoms with E-state index in [1.807, 2.05) is 0 Å². The number of amides is 2. The van der Waals surface area contributed by atoms with E-state index in [0.717, 1.165) is 25.9 Å². The second-order valence-electron chi connectivity index (χ2n) is 4.77. The van der Waals surface area contributed by atoms with Crippen molar-refractivity contribution in [3.63, 3.8) is 0 Å². The lowest BCUT2D eigenvalue weighted by Crippen LogP contribution is -2.39. The Labute approximate surface area is 112 Å². The van der Waals surface area contributed by atoms with Gasteiger partial charge in [-0.15, -0.1) is 0 Å². The number of phenolic OH excluding ortho intramolecular Hbond substituents is 1. The summed E-state index contributed by atoms with van der Waals surface area (Å²) in [6, 6.07) is 6.35. The second-order valence-corrected chi connectivity index (χ2v) is 4.77. The number of phenols is 1. The van der Waals surface area contributed by atoms with E-state index in [1.54, 1.807) is 30.1 Å². The zero-order chi connectivity index (χ0) is 13.8. The smallest absolute Gasteiger partial charge is 0.257 e. The first-order valence-corrected chi connectivity index (χ1v) is 6.41. The van der Waals surface area contributed by atoms with Crippen LogP contribution in [0.5, 0.6) is 5.75 Å². The van der Waals surface area contributed by atoms with E-state index in [-0.39, 0.29) is 29.7 Å². The molecule has 2 amide bonds. The van der Waals surface area contributed by atoms with Crippen molar-refractivity contribution >= 4 is 11.8 Å². The summed E-state index contributed by atoms with van der Waals surface area (Å²) in [7, 11) is 1.57. The number of carbonyl (C=O) groups is 2. The van der Waals surface area contributed by atoms with Gasteiger partial charge < -0.3 is 14.9 Å². The molecule has 0 saturated carbocycles. The predicted octanol–water partition coefficient (Wildman–Crippen LogP) is 1.09. The summed E-state index contributed by atoms with van der Waals surface area (Å²) in [6.45, 7) is 1.60. The van der Waals surface area contributed by atoms with E-state index in [0.29, 0.717) is 0 Å². The summed E-state index contributed by atoms with van der Waals surface area (Å²) >= 11 is 0. The largest absolute Gasteiger partial charge is 0.507 e. The number of rotatable bonds is 3. The van der Waals surface area contributed by atoms with Gasteiger partial charge in [-0.25, -0.2) is 0 Å². The number of likely N-dealkylation sites (N-methyl/N-ethyl adjacent to an activating group) is 1. The zero-order valence-corrected chi connectivity index (χ0v) is 11.0. The molecule has 102 valence electrons. The van der Waals surface area contributed by atoms with Gasteiger partial charge in [-0.05, 0) is 25.0 Å². The average Bonchev–Trinajstić information content (AvgIpc) is 2.92. The van der Waals surface area contributed by atoms with Crippen LogP contribution in [-0.2, 0) is 4.79 Å². The minimum absolute atomic E-state index is 0.0382. The van der Waals surface area contributed by atoms with E-state index in [2.05, 4.69) is 0 Å². The van der Waals surface area contributed by atoms with E-state index in [9.17, 15) is 14.7 Å². The quantitative estimate of drug-likeness (QED) is 0.887. The molecule has 5 nitrogen and oxygen atoms in total. The highest BCUT2D eigenvalue weighted by molar-refractivity contribution is 5.98. The molecule has 0 aliphatic carbocycles. The molecule has 1 aromatic rings. The molecule has 19 heavy (non-hydrogen) atoms. The van der Waals surface area contributed by atoms with Crippen LogP contribution in [0.25, 0.3) is 0 Å². The van der Waals surface area contributed by atoms with Crippen LogP contribution in [0, 0.1) is 0 Å². The maximum atomic E-state index is 12.1. The molecule has 2 rings (SSSR count). The Bertz CT molecular complexity index is 481. The Kier molecular flexibility index (Phi) is 4.04. The molecule has 0 atom stereocenters. The van der Waals surface area contributed by atoms with Gasteiger partial charge in [-0.1, -0.05) is 12.1 Å². The summed E-state index contributed by atoms with van der Waals surface area (Å²) in [5.74, 6) is -0.442. The topological polar surface area (TPSA) is 60.9 Å². The number of likely N-dealkylation sites (tertiary alicyclic amines) is 1. The summed E-state index contributed by atoms with van der Waals surface area (Å²) in [6.07, 6.45) is 2.06. The van der Waals surface area contributed by atoms with Crippen molar-refractivity contribution in [1.29, 1.82) is 0 Å². The van der Waals surface area contributed by atoms with Gasteiger partial charge in [0.15, 0.2) is 0 Å². The van der Waals surface area contributed by atoms with Crippen LogP contribution in [0.1, 0.15) is 23.2 Å². The first kappa shape index (κ1) is 13.4. The molecular formula is C14H18N2O3. The van der Waals surface area contributed by atoms with Crippen molar-refractivity contribution < 1.29 is 14.7 Å². The summed E-state index contributed by atoms with van der Waals surface area (Å²) in [5.41, 5.74) is 0.222. The van der Waals surface area contributed by atoms with E-state index >= 15 is 0 Å². The Morgan fingerprint density at radius 3 is 2.53 bits per heavy atom. The van der Waals surface area contributed by atoms with E-state index < -0.39 is 0 Å². The fraction of sp³-hybridized carbons (Fsp3) is 0.429. The third-order valence-corrected chi connectivity index (χ3v) is 3.31. The van der Waals surface area contributed by atoms with Gasteiger partial charge >= 0.3 is 0 Å². The van der Waals surface area contributed by atoms with Crippen LogP contribution in [0.3, 0.4) is 0 Å². The molecule has 0 bridgehead atoms. The Morgan fingerprint density at radius 1 is 1.26 bits per heavy atom. The van der Waals surface area contributed by atoms with Gasteiger partial charge in [0.25, 0.3) is 5.91 Å². The molecule has 1 aromatic carbocycles. The number of para-hydroxylation sites is 1. The standard InChI is InChI=1S/C14H18N2O3/c1-15(10-13(18)16-8-4-5-9-16)14(19)11-6-2-3-7-12(11)17/h2-3,6-7,17H,4-5,8-10H2,1H3.